The number of aliphatic hydroxyl groups is 1. The number of ether oxygens (including phenoxy) is 2. The molecule has 0 bridgehead atoms. The third-order valence-corrected chi connectivity index (χ3v) is 2.35. The molecule has 0 heterocycles. The highest BCUT2D eigenvalue weighted by Crippen LogP contribution is 2.29. The topological polar surface area (TPSA) is 38.7 Å². The van der Waals surface area contributed by atoms with Crippen LogP contribution in [0.3, 0.4) is 0 Å². The number of hydrogen-bond donors (Lipinski definition) is 1. The lowest BCUT2D eigenvalue weighted by Crippen LogP contribution is -2.16. The molecule has 90 valence electrons. The Morgan fingerprint density at radius 2 is 2.06 bits per heavy atom. The van der Waals surface area contributed by atoms with Gasteiger partial charge in [0.1, 0.15) is 6.10 Å². The minimum atomic E-state index is -0.217. The van der Waals surface area contributed by atoms with Crippen molar-refractivity contribution in [2.75, 3.05) is 13.7 Å². The summed E-state index contributed by atoms with van der Waals surface area (Å²) in [6.45, 7) is 3.96. The van der Waals surface area contributed by atoms with E-state index in [4.69, 9.17) is 14.6 Å². The molecule has 0 aliphatic carbocycles. The van der Waals surface area contributed by atoms with E-state index >= 15 is 0 Å². The van der Waals surface area contributed by atoms with E-state index in [-0.39, 0.29) is 12.7 Å². The number of aryl methyl sites for hydroxylation is 1. The Morgan fingerprint density at radius 3 is 2.62 bits per heavy atom. The first kappa shape index (κ1) is 12.8. The van der Waals surface area contributed by atoms with E-state index in [9.17, 15) is 0 Å². The smallest absolute Gasteiger partial charge is 0.161 e. The van der Waals surface area contributed by atoms with Crippen molar-refractivity contribution in [2.24, 2.45) is 0 Å². The summed E-state index contributed by atoms with van der Waals surface area (Å²) in [5, 5.41) is 8.93. The molecule has 0 spiro atoms. The standard InChI is InChI=1S/C13H20O3/c1-4-5-11-6-7-12(13(8-11)15-3)16-10(2)9-14/h6-8,10,14H,4-5,9H2,1-3H3. The van der Waals surface area contributed by atoms with E-state index in [0.717, 1.165) is 18.6 Å². The zero-order valence-corrected chi connectivity index (χ0v) is 10.2. The number of methoxy groups -OCH3 is 1. The van der Waals surface area contributed by atoms with Crippen LogP contribution in [0, 0.1) is 0 Å². The Bertz CT molecular complexity index is 323. The number of aliphatic hydroxyl groups excluding tert-OH is 1. The van der Waals surface area contributed by atoms with Gasteiger partial charge in [0.15, 0.2) is 11.5 Å². The van der Waals surface area contributed by atoms with Crippen LogP contribution in [-0.4, -0.2) is 24.9 Å². The minimum absolute atomic E-state index is 0.000133. The first-order valence-corrected chi connectivity index (χ1v) is 5.65. The molecule has 0 saturated heterocycles. The summed E-state index contributed by atoms with van der Waals surface area (Å²) in [7, 11) is 1.63. The molecule has 1 unspecified atom stereocenters. The SMILES string of the molecule is CCCc1ccc(OC(C)CO)c(OC)c1. The third kappa shape index (κ3) is 3.42. The van der Waals surface area contributed by atoms with Crippen molar-refractivity contribution < 1.29 is 14.6 Å². The second-order valence-corrected chi connectivity index (χ2v) is 3.85. The summed E-state index contributed by atoms with van der Waals surface area (Å²) < 4.78 is 10.8. The number of hydrogen-bond acceptors (Lipinski definition) is 3. The molecule has 1 atom stereocenters. The maximum Gasteiger partial charge on any atom is 0.161 e. The normalized spacial score (nSPS) is 12.2. The van der Waals surface area contributed by atoms with Gasteiger partial charge in [-0.15, -0.1) is 0 Å². The Kier molecular flexibility index (Phi) is 5.12. The molecular weight excluding hydrogens is 204 g/mol. The molecule has 1 N–H and O–H groups in total. The minimum Gasteiger partial charge on any atom is -0.493 e. The molecular formula is C13H20O3. The Morgan fingerprint density at radius 1 is 1.31 bits per heavy atom. The Labute approximate surface area is 97.0 Å². The van der Waals surface area contributed by atoms with Gasteiger partial charge in [0.05, 0.1) is 13.7 Å². The lowest BCUT2D eigenvalue weighted by Gasteiger charge is -2.15. The van der Waals surface area contributed by atoms with Gasteiger partial charge in [-0.3, -0.25) is 0 Å². The number of benzene rings is 1. The first-order chi connectivity index (χ1) is 7.71. The predicted molar refractivity (Wildman–Crippen MR) is 64.2 cm³/mol. The van der Waals surface area contributed by atoms with Crippen LogP contribution < -0.4 is 9.47 Å². The molecule has 3 heteroatoms. The van der Waals surface area contributed by atoms with Crippen LogP contribution in [0.15, 0.2) is 18.2 Å². The van der Waals surface area contributed by atoms with Gasteiger partial charge in [0.2, 0.25) is 0 Å². The zero-order chi connectivity index (χ0) is 12.0. The van der Waals surface area contributed by atoms with Gasteiger partial charge in [0, 0.05) is 0 Å². The molecule has 0 aliphatic rings. The van der Waals surface area contributed by atoms with Crippen molar-refractivity contribution in [1.29, 1.82) is 0 Å². The fraction of sp³-hybridized carbons (Fsp3) is 0.538. The quantitative estimate of drug-likeness (QED) is 0.806. The van der Waals surface area contributed by atoms with Crippen LogP contribution in [0.1, 0.15) is 25.8 Å². The van der Waals surface area contributed by atoms with Crippen LogP contribution >= 0.6 is 0 Å². The summed E-state index contributed by atoms with van der Waals surface area (Å²) in [5.41, 5.74) is 1.24. The van der Waals surface area contributed by atoms with Gasteiger partial charge >= 0.3 is 0 Å². The van der Waals surface area contributed by atoms with E-state index in [1.165, 1.54) is 5.56 Å². The summed E-state index contributed by atoms with van der Waals surface area (Å²) in [6, 6.07) is 5.92. The summed E-state index contributed by atoms with van der Waals surface area (Å²) >= 11 is 0. The molecule has 0 amide bonds. The molecule has 3 nitrogen and oxygen atoms in total. The molecule has 0 aliphatic heterocycles. The van der Waals surface area contributed by atoms with Gasteiger partial charge in [0.25, 0.3) is 0 Å². The average Bonchev–Trinajstić information content (AvgIpc) is 2.31. The van der Waals surface area contributed by atoms with Crippen LogP contribution in [-0.2, 0) is 6.42 Å². The predicted octanol–water partition coefficient (Wildman–Crippen LogP) is 2.41. The van der Waals surface area contributed by atoms with Crippen LogP contribution in [0.4, 0.5) is 0 Å². The monoisotopic (exact) mass is 224 g/mol. The van der Waals surface area contributed by atoms with Crippen molar-refractivity contribution in [3.05, 3.63) is 23.8 Å². The van der Waals surface area contributed by atoms with Gasteiger partial charge < -0.3 is 14.6 Å². The van der Waals surface area contributed by atoms with Gasteiger partial charge in [-0.1, -0.05) is 19.4 Å². The maximum absolute atomic E-state index is 8.93. The van der Waals surface area contributed by atoms with Crippen LogP contribution in [0.5, 0.6) is 11.5 Å². The Hall–Kier alpha value is -1.22. The van der Waals surface area contributed by atoms with Crippen molar-refractivity contribution >= 4 is 0 Å². The largest absolute Gasteiger partial charge is 0.493 e. The molecule has 0 aromatic heterocycles. The first-order valence-electron chi connectivity index (χ1n) is 5.65. The number of rotatable bonds is 6. The molecule has 0 fully saturated rings. The Balaban J connectivity index is 2.84. The second kappa shape index (κ2) is 6.38. The van der Waals surface area contributed by atoms with Gasteiger partial charge in [-0.05, 0) is 31.0 Å². The highest BCUT2D eigenvalue weighted by Gasteiger charge is 2.08. The van der Waals surface area contributed by atoms with Crippen molar-refractivity contribution in [2.45, 2.75) is 32.8 Å². The van der Waals surface area contributed by atoms with Crippen molar-refractivity contribution in [3.8, 4) is 11.5 Å². The molecule has 1 aromatic carbocycles. The highest BCUT2D eigenvalue weighted by molar-refractivity contribution is 5.43. The fourth-order valence-electron chi connectivity index (χ4n) is 1.51. The average molecular weight is 224 g/mol. The zero-order valence-electron chi connectivity index (χ0n) is 10.2. The third-order valence-electron chi connectivity index (χ3n) is 2.35. The van der Waals surface area contributed by atoms with E-state index in [0.29, 0.717) is 5.75 Å². The molecule has 1 aromatic rings. The molecule has 16 heavy (non-hydrogen) atoms. The fourth-order valence-corrected chi connectivity index (χ4v) is 1.51. The second-order valence-electron chi connectivity index (χ2n) is 3.85. The van der Waals surface area contributed by atoms with Crippen LogP contribution in [0.2, 0.25) is 0 Å². The lowest BCUT2D eigenvalue weighted by molar-refractivity contribution is 0.126. The molecule has 0 saturated carbocycles. The van der Waals surface area contributed by atoms with E-state index in [2.05, 4.69) is 6.92 Å². The van der Waals surface area contributed by atoms with E-state index < -0.39 is 0 Å². The summed E-state index contributed by atoms with van der Waals surface area (Å²) in [6.07, 6.45) is 1.92. The van der Waals surface area contributed by atoms with Crippen molar-refractivity contribution in [1.82, 2.24) is 0 Å². The molecule has 0 radical (unpaired) electrons. The summed E-state index contributed by atoms with van der Waals surface area (Å²) in [5.74, 6) is 1.41. The van der Waals surface area contributed by atoms with E-state index in [1.807, 2.05) is 25.1 Å². The van der Waals surface area contributed by atoms with Crippen molar-refractivity contribution in [3.63, 3.8) is 0 Å². The van der Waals surface area contributed by atoms with Gasteiger partial charge in [-0.25, -0.2) is 0 Å². The lowest BCUT2D eigenvalue weighted by atomic mass is 10.1. The molecule has 1 rings (SSSR count). The van der Waals surface area contributed by atoms with E-state index in [1.54, 1.807) is 7.11 Å². The van der Waals surface area contributed by atoms with Gasteiger partial charge in [-0.2, -0.15) is 0 Å². The highest BCUT2D eigenvalue weighted by atomic mass is 16.5. The summed E-state index contributed by atoms with van der Waals surface area (Å²) in [4.78, 5) is 0. The van der Waals surface area contributed by atoms with Crippen LogP contribution in [0.25, 0.3) is 0 Å². The maximum atomic E-state index is 8.93.